The average Bonchev–Trinajstić information content (AvgIpc) is 2.81. The molecule has 0 radical (unpaired) electrons. The van der Waals surface area contributed by atoms with Crippen LogP contribution in [0.25, 0.3) is 10.9 Å². The van der Waals surface area contributed by atoms with E-state index in [2.05, 4.69) is 9.88 Å². The number of carbonyl (C=O) groups excluding carboxylic acids is 2. The Morgan fingerprint density at radius 3 is 2.64 bits per heavy atom. The summed E-state index contributed by atoms with van der Waals surface area (Å²) in [5, 5.41) is 0.387. The first kappa shape index (κ1) is 21.7. The fourth-order valence-electron chi connectivity index (χ4n) is 5.89. The van der Waals surface area contributed by atoms with E-state index in [1.54, 1.807) is 19.1 Å². The molecule has 9 nitrogen and oxygen atoms in total. The number of fused-ring (bicyclic) bond motifs is 5. The predicted molar refractivity (Wildman–Crippen MR) is 121 cm³/mol. The van der Waals surface area contributed by atoms with Crippen LogP contribution in [-0.4, -0.2) is 71.1 Å². The number of hydrogen-bond donors (Lipinski definition) is 0. The maximum atomic E-state index is 13.3. The number of hydrogen-bond acceptors (Lipinski definition) is 6. The van der Waals surface area contributed by atoms with Crippen molar-refractivity contribution in [2.45, 2.75) is 45.2 Å². The van der Waals surface area contributed by atoms with Crippen LogP contribution in [0.5, 0.6) is 11.5 Å². The van der Waals surface area contributed by atoms with Gasteiger partial charge in [0.25, 0.3) is 5.56 Å². The van der Waals surface area contributed by atoms with Crippen LogP contribution in [-0.2, 0) is 16.1 Å². The van der Waals surface area contributed by atoms with Crippen molar-refractivity contribution in [3.63, 3.8) is 0 Å². The minimum atomic E-state index is -0.270. The second-order valence-corrected chi connectivity index (χ2v) is 9.44. The Hall–Kier alpha value is -3.10. The molecule has 0 unspecified atom stereocenters. The Kier molecular flexibility index (Phi) is 5.50. The van der Waals surface area contributed by atoms with E-state index in [4.69, 9.17) is 9.47 Å². The van der Waals surface area contributed by atoms with Crippen molar-refractivity contribution in [1.29, 1.82) is 0 Å². The lowest BCUT2D eigenvalue weighted by atomic mass is 9.76. The molecule has 0 N–H and O–H groups in total. The summed E-state index contributed by atoms with van der Waals surface area (Å²) in [6, 6.07) is 3.54. The molecule has 1 aromatic carbocycles. The van der Waals surface area contributed by atoms with Crippen LogP contribution >= 0.6 is 0 Å². The first-order valence-electron chi connectivity index (χ1n) is 11.6. The third kappa shape index (κ3) is 3.73. The topological polar surface area (TPSA) is 94.0 Å². The van der Waals surface area contributed by atoms with Gasteiger partial charge in [-0.3, -0.25) is 19.0 Å². The molecule has 2 amide bonds. The van der Waals surface area contributed by atoms with Crippen molar-refractivity contribution in [1.82, 2.24) is 19.4 Å². The monoisotopic (exact) mass is 454 g/mol. The first-order valence-corrected chi connectivity index (χ1v) is 11.6. The van der Waals surface area contributed by atoms with E-state index in [1.807, 2.05) is 4.90 Å². The Morgan fingerprint density at radius 1 is 1.12 bits per heavy atom. The van der Waals surface area contributed by atoms with Crippen LogP contribution in [0.2, 0.25) is 0 Å². The highest BCUT2D eigenvalue weighted by atomic mass is 16.5. The second-order valence-electron chi connectivity index (χ2n) is 9.44. The van der Waals surface area contributed by atoms with Crippen molar-refractivity contribution in [3.05, 3.63) is 28.3 Å². The van der Waals surface area contributed by atoms with Crippen molar-refractivity contribution in [2.75, 3.05) is 33.9 Å². The Morgan fingerprint density at radius 2 is 1.88 bits per heavy atom. The lowest BCUT2D eigenvalue weighted by Gasteiger charge is -2.52. The highest BCUT2D eigenvalue weighted by molar-refractivity contribution is 5.83. The average molecular weight is 455 g/mol. The fourth-order valence-corrected chi connectivity index (χ4v) is 5.89. The number of rotatable bonds is 4. The largest absolute Gasteiger partial charge is 0.493 e. The van der Waals surface area contributed by atoms with Crippen LogP contribution in [0, 0.1) is 18.8 Å². The third-order valence-corrected chi connectivity index (χ3v) is 7.48. The number of nitrogens with zero attached hydrogens (tertiary/aromatic N) is 4. The molecule has 0 aliphatic carbocycles. The van der Waals surface area contributed by atoms with Crippen molar-refractivity contribution >= 4 is 22.7 Å². The summed E-state index contributed by atoms with van der Waals surface area (Å²) in [5.74, 6) is 2.23. The maximum Gasteiger partial charge on any atom is 0.262 e. The van der Waals surface area contributed by atoms with Gasteiger partial charge in [-0.15, -0.1) is 0 Å². The van der Waals surface area contributed by atoms with Crippen LogP contribution in [0.15, 0.2) is 16.9 Å². The zero-order valence-corrected chi connectivity index (χ0v) is 19.4. The normalized spacial score (nSPS) is 24.6. The highest BCUT2D eigenvalue weighted by Crippen LogP contribution is 2.38. The van der Waals surface area contributed by atoms with Gasteiger partial charge in [0, 0.05) is 38.2 Å². The predicted octanol–water partition coefficient (Wildman–Crippen LogP) is 1.58. The molecule has 0 spiro atoms. The minimum Gasteiger partial charge on any atom is -0.493 e. The van der Waals surface area contributed by atoms with Crippen LogP contribution in [0.3, 0.4) is 0 Å². The van der Waals surface area contributed by atoms with Gasteiger partial charge in [-0.2, -0.15) is 0 Å². The van der Waals surface area contributed by atoms with Crippen LogP contribution in [0.4, 0.5) is 0 Å². The summed E-state index contributed by atoms with van der Waals surface area (Å²) in [5.41, 5.74) is 0.237. The van der Waals surface area contributed by atoms with Gasteiger partial charge >= 0.3 is 0 Å². The highest BCUT2D eigenvalue weighted by Gasteiger charge is 2.44. The van der Waals surface area contributed by atoms with E-state index in [0.717, 1.165) is 25.8 Å². The molecule has 0 saturated carbocycles. The Balaban J connectivity index is 1.39. The maximum absolute atomic E-state index is 13.3. The van der Waals surface area contributed by atoms with Crippen LogP contribution in [0.1, 0.15) is 31.5 Å². The van der Waals surface area contributed by atoms with Gasteiger partial charge in [0.15, 0.2) is 11.5 Å². The standard InChI is InChI=1S/C24H30N4O5/c1-14-25-18-9-21(33-3)20(32-2)8-17(18)24(31)27(14)13-23(30)26-10-15-7-16(12-26)19-5-4-6-22(29)28(19)11-15/h8-9,15-16,19H,4-7,10-13H2,1-3H3/t15-,16+,19-/m1/s1. The first-order chi connectivity index (χ1) is 15.9. The third-order valence-electron chi connectivity index (χ3n) is 7.48. The molecule has 3 fully saturated rings. The quantitative estimate of drug-likeness (QED) is 0.696. The molecule has 5 rings (SSSR count). The van der Waals surface area contributed by atoms with Crippen molar-refractivity contribution < 1.29 is 19.1 Å². The molecule has 176 valence electrons. The molecule has 2 aromatic rings. The molecule has 1 aromatic heterocycles. The number of benzene rings is 1. The van der Waals surface area contributed by atoms with Gasteiger partial charge in [0.05, 0.1) is 25.1 Å². The van der Waals surface area contributed by atoms with E-state index < -0.39 is 0 Å². The molecular formula is C24H30N4O5. The number of aromatic nitrogens is 2. The second kappa shape index (κ2) is 8.35. The van der Waals surface area contributed by atoms with E-state index in [-0.39, 0.29) is 30.0 Å². The Labute approximate surface area is 192 Å². The molecular weight excluding hydrogens is 424 g/mol. The van der Waals surface area contributed by atoms with Crippen molar-refractivity contribution in [2.24, 2.45) is 11.8 Å². The molecule has 3 aliphatic rings. The Bertz CT molecular complexity index is 1180. The summed E-state index contributed by atoms with van der Waals surface area (Å²) in [7, 11) is 3.05. The molecule has 3 aliphatic heterocycles. The van der Waals surface area contributed by atoms with E-state index in [0.29, 0.717) is 59.6 Å². The summed E-state index contributed by atoms with van der Waals surface area (Å²) in [6.07, 6.45) is 3.66. The number of piperidine rings is 3. The lowest BCUT2D eigenvalue weighted by molar-refractivity contribution is -0.149. The summed E-state index contributed by atoms with van der Waals surface area (Å²) in [6.45, 7) is 3.70. The molecule has 33 heavy (non-hydrogen) atoms. The number of methoxy groups -OCH3 is 2. The van der Waals surface area contributed by atoms with Gasteiger partial charge < -0.3 is 19.3 Å². The lowest BCUT2D eigenvalue weighted by Crippen LogP contribution is -2.61. The molecule has 3 atom stereocenters. The van der Waals surface area contributed by atoms with Gasteiger partial charge in [-0.1, -0.05) is 0 Å². The number of amides is 2. The number of aryl methyl sites for hydroxylation is 1. The molecule has 4 heterocycles. The molecule has 9 heteroatoms. The summed E-state index contributed by atoms with van der Waals surface area (Å²) in [4.78, 5) is 47.4. The number of likely N-dealkylation sites (tertiary alicyclic amines) is 1. The minimum absolute atomic E-state index is 0.0469. The fraction of sp³-hybridized carbons (Fsp3) is 0.583. The summed E-state index contributed by atoms with van der Waals surface area (Å²) >= 11 is 0. The van der Waals surface area contributed by atoms with E-state index in [1.165, 1.54) is 18.8 Å². The van der Waals surface area contributed by atoms with E-state index >= 15 is 0 Å². The van der Waals surface area contributed by atoms with Gasteiger partial charge in [0.1, 0.15) is 12.4 Å². The molecule has 2 bridgehead atoms. The number of carbonyl (C=O) groups is 2. The molecule has 3 saturated heterocycles. The zero-order valence-electron chi connectivity index (χ0n) is 19.4. The van der Waals surface area contributed by atoms with E-state index in [9.17, 15) is 14.4 Å². The summed E-state index contributed by atoms with van der Waals surface area (Å²) < 4.78 is 12.1. The van der Waals surface area contributed by atoms with Gasteiger partial charge in [-0.25, -0.2) is 4.98 Å². The zero-order chi connectivity index (χ0) is 23.3. The number of ether oxygens (including phenoxy) is 2. The van der Waals surface area contributed by atoms with Gasteiger partial charge in [0.2, 0.25) is 11.8 Å². The van der Waals surface area contributed by atoms with Crippen LogP contribution < -0.4 is 15.0 Å². The van der Waals surface area contributed by atoms with Crippen molar-refractivity contribution in [3.8, 4) is 11.5 Å². The van der Waals surface area contributed by atoms with Gasteiger partial charge in [-0.05, 0) is 44.1 Å². The SMILES string of the molecule is COc1cc2nc(C)n(CC(=O)N3C[C@H]4C[C@@H](C3)[C@H]3CCCC(=O)N3C4)c(=O)c2cc1OC. The smallest absolute Gasteiger partial charge is 0.262 e.